The number of hydrogen-bond donors (Lipinski definition) is 0. The Morgan fingerprint density at radius 1 is 1.08 bits per heavy atom. The summed E-state index contributed by atoms with van der Waals surface area (Å²) in [4.78, 5) is 15.2. The molecule has 0 N–H and O–H groups in total. The van der Waals surface area contributed by atoms with E-state index >= 15 is 0 Å². The Balaban J connectivity index is 1.91. The van der Waals surface area contributed by atoms with Crippen LogP contribution < -0.4 is 4.90 Å². The number of amides is 1. The number of benzene rings is 2. The summed E-state index contributed by atoms with van der Waals surface area (Å²) >= 11 is 6.83. The van der Waals surface area contributed by atoms with Gasteiger partial charge in [-0.05, 0) is 55.2 Å². The second kappa shape index (κ2) is 7.38. The Bertz CT molecular complexity index is 897. The molecule has 1 saturated heterocycles. The van der Waals surface area contributed by atoms with E-state index in [0.29, 0.717) is 9.23 Å². The van der Waals surface area contributed by atoms with Gasteiger partial charge < -0.3 is 0 Å². The van der Waals surface area contributed by atoms with E-state index in [1.54, 1.807) is 4.90 Å². The molecule has 25 heavy (non-hydrogen) atoms. The van der Waals surface area contributed by atoms with E-state index in [1.165, 1.54) is 11.8 Å². The van der Waals surface area contributed by atoms with E-state index in [1.807, 2.05) is 75.4 Å². The topological polar surface area (TPSA) is 20.3 Å². The molecule has 0 radical (unpaired) electrons. The molecule has 1 amide bonds. The predicted octanol–water partition coefficient (Wildman–Crippen LogP) is 5.66. The zero-order valence-corrected chi connectivity index (χ0v) is 16.1. The Kier molecular flexibility index (Phi) is 5.21. The third-order valence-electron chi connectivity index (χ3n) is 4.16. The first-order chi connectivity index (χ1) is 12.0. The molecule has 0 atom stereocenters. The molecule has 1 aliphatic heterocycles. The molecule has 0 spiro atoms. The molecule has 2 nitrogen and oxygen atoms in total. The van der Waals surface area contributed by atoms with Crippen molar-refractivity contribution in [3.63, 3.8) is 0 Å². The van der Waals surface area contributed by atoms with Gasteiger partial charge in [-0.3, -0.25) is 9.69 Å². The maximum atomic E-state index is 12.9. The van der Waals surface area contributed by atoms with Crippen molar-refractivity contribution >= 4 is 46.0 Å². The van der Waals surface area contributed by atoms with Gasteiger partial charge in [-0.25, -0.2) is 0 Å². The number of rotatable bonds is 3. The van der Waals surface area contributed by atoms with Gasteiger partial charge in [0.15, 0.2) is 4.32 Å². The van der Waals surface area contributed by atoms with Crippen molar-refractivity contribution in [2.24, 2.45) is 0 Å². The number of thioether (sulfide) groups is 1. The Morgan fingerprint density at radius 2 is 1.80 bits per heavy atom. The molecular weight excluding hydrogens is 346 g/mol. The van der Waals surface area contributed by atoms with Gasteiger partial charge in [-0.1, -0.05) is 72.5 Å². The van der Waals surface area contributed by atoms with Gasteiger partial charge in [0.25, 0.3) is 5.91 Å². The first kappa shape index (κ1) is 17.6. The first-order valence-corrected chi connectivity index (χ1v) is 9.27. The standard InChI is InChI=1S/C21H19NOS2/c1-14(12-17-9-5-4-6-10-17)13-19-20(23)22(21(24)25-19)18-11-7-8-15(2)16(18)3/h4-13H,1-3H3. The number of anilines is 1. The molecule has 0 bridgehead atoms. The first-order valence-electron chi connectivity index (χ1n) is 8.05. The molecule has 0 aromatic heterocycles. The molecule has 0 saturated carbocycles. The van der Waals surface area contributed by atoms with Crippen LogP contribution in [0.5, 0.6) is 0 Å². The monoisotopic (exact) mass is 365 g/mol. The lowest BCUT2D eigenvalue weighted by Crippen LogP contribution is -2.28. The van der Waals surface area contributed by atoms with Crippen LogP contribution in [0.2, 0.25) is 0 Å². The average molecular weight is 366 g/mol. The Morgan fingerprint density at radius 3 is 2.52 bits per heavy atom. The van der Waals surface area contributed by atoms with Gasteiger partial charge in [0.1, 0.15) is 0 Å². The highest BCUT2D eigenvalue weighted by Crippen LogP contribution is 2.37. The highest BCUT2D eigenvalue weighted by Gasteiger charge is 2.34. The molecule has 4 heteroatoms. The van der Waals surface area contributed by atoms with Gasteiger partial charge in [0.2, 0.25) is 0 Å². The summed E-state index contributed by atoms with van der Waals surface area (Å²) in [7, 11) is 0. The molecule has 1 aliphatic rings. The smallest absolute Gasteiger partial charge is 0.268 e. The van der Waals surface area contributed by atoms with Crippen molar-refractivity contribution in [3.8, 4) is 0 Å². The normalized spacial score (nSPS) is 16.8. The van der Waals surface area contributed by atoms with E-state index in [2.05, 4.69) is 6.08 Å². The predicted molar refractivity (Wildman–Crippen MR) is 112 cm³/mol. The van der Waals surface area contributed by atoms with Crippen LogP contribution in [0.3, 0.4) is 0 Å². The minimum absolute atomic E-state index is 0.0514. The van der Waals surface area contributed by atoms with E-state index in [0.717, 1.165) is 28.0 Å². The molecular formula is C21H19NOS2. The fourth-order valence-electron chi connectivity index (χ4n) is 2.71. The number of carbonyl (C=O) groups excluding carboxylic acids is 1. The van der Waals surface area contributed by atoms with Crippen LogP contribution >= 0.6 is 24.0 Å². The largest absolute Gasteiger partial charge is 0.270 e. The number of carbonyl (C=O) groups is 1. The number of thiocarbonyl (C=S) groups is 1. The fourth-order valence-corrected chi connectivity index (χ4v) is 4.05. The summed E-state index contributed by atoms with van der Waals surface area (Å²) in [6.45, 7) is 6.06. The summed E-state index contributed by atoms with van der Waals surface area (Å²) in [6, 6.07) is 16.0. The van der Waals surface area contributed by atoms with Crippen LogP contribution in [-0.4, -0.2) is 10.2 Å². The van der Waals surface area contributed by atoms with Gasteiger partial charge >= 0.3 is 0 Å². The number of allylic oxidation sites excluding steroid dienone is 2. The van der Waals surface area contributed by atoms with Crippen LogP contribution in [0.1, 0.15) is 23.6 Å². The Hall–Kier alpha value is -2.17. The van der Waals surface area contributed by atoms with Crippen molar-refractivity contribution in [1.29, 1.82) is 0 Å². The maximum Gasteiger partial charge on any atom is 0.270 e. The van der Waals surface area contributed by atoms with Crippen molar-refractivity contribution in [3.05, 3.63) is 81.8 Å². The molecule has 0 unspecified atom stereocenters. The highest BCUT2D eigenvalue weighted by molar-refractivity contribution is 8.27. The minimum Gasteiger partial charge on any atom is -0.268 e. The second-order valence-electron chi connectivity index (χ2n) is 6.04. The minimum atomic E-state index is -0.0514. The molecule has 1 heterocycles. The zero-order valence-electron chi connectivity index (χ0n) is 14.4. The van der Waals surface area contributed by atoms with Gasteiger partial charge in [0.05, 0.1) is 10.6 Å². The summed E-state index contributed by atoms with van der Waals surface area (Å²) in [5.41, 5.74) is 5.23. The lowest BCUT2D eigenvalue weighted by molar-refractivity contribution is -0.113. The highest BCUT2D eigenvalue weighted by atomic mass is 32.2. The van der Waals surface area contributed by atoms with E-state index < -0.39 is 0 Å². The SMILES string of the molecule is CC(=Cc1ccccc1)C=C1SC(=S)N(c2cccc(C)c2C)C1=O. The molecule has 2 aromatic carbocycles. The molecule has 0 aliphatic carbocycles. The van der Waals surface area contributed by atoms with Crippen molar-refractivity contribution < 1.29 is 4.79 Å². The van der Waals surface area contributed by atoms with Crippen molar-refractivity contribution in [1.82, 2.24) is 0 Å². The quantitative estimate of drug-likeness (QED) is 0.517. The van der Waals surface area contributed by atoms with Gasteiger partial charge in [0, 0.05) is 0 Å². The van der Waals surface area contributed by atoms with E-state index in [-0.39, 0.29) is 5.91 Å². The van der Waals surface area contributed by atoms with Crippen molar-refractivity contribution in [2.75, 3.05) is 4.90 Å². The summed E-state index contributed by atoms with van der Waals surface area (Å²) in [6.07, 6.45) is 3.97. The Labute approximate surface area is 158 Å². The lowest BCUT2D eigenvalue weighted by atomic mass is 10.1. The zero-order chi connectivity index (χ0) is 18.0. The van der Waals surface area contributed by atoms with Crippen LogP contribution in [0, 0.1) is 13.8 Å². The molecule has 1 fully saturated rings. The third kappa shape index (κ3) is 3.75. The second-order valence-corrected chi connectivity index (χ2v) is 7.71. The fraction of sp³-hybridized carbons (Fsp3) is 0.143. The maximum absolute atomic E-state index is 12.9. The number of aryl methyl sites for hydroxylation is 1. The lowest BCUT2D eigenvalue weighted by Gasteiger charge is -2.18. The summed E-state index contributed by atoms with van der Waals surface area (Å²) < 4.78 is 0.581. The van der Waals surface area contributed by atoms with Gasteiger partial charge in [-0.2, -0.15) is 0 Å². The summed E-state index contributed by atoms with van der Waals surface area (Å²) in [5.74, 6) is -0.0514. The van der Waals surface area contributed by atoms with Crippen LogP contribution in [-0.2, 0) is 4.79 Å². The van der Waals surface area contributed by atoms with Crippen LogP contribution in [0.15, 0.2) is 65.1 Å². The molecule has 3 rings (SSSR count). The third-order valence-corrected chi connectivity index (χ3v) is 5.47. The van der Waals surface area contributed by atoms with Crippen LogP contribution in [0.4, 0.5) is 5.69 Å². The van der Waals surface area contributed by atoms with Crippen molar-refractivity contribution in [2.45, 2.75) is 20.8 Å². The summed E-state index contributed by atoms with van der Waals surface area (Å²) in [5, 5.41) is 0. The van der Waals surface area contributed by atoms with Gasteiger partial charge in [-0.15, -0.1) is 0 Å². The number of nitrogens with zero attached hydrogens (tertiary/aromatic N) is 1. The number of hydrogen-bond acceptors (Lipinski definition) is 3. The molecule has 2 aromatic rings. The average Bonchev–Trinajstić information content (AvgIpc) is 2.85. The molecule has 126 valence electrons. The van der Waals surface area contributed by atoms with E-state index in [9.17, 15) is 4.79 Å². The van der Waals surface area contributed by atoms with E-state index in [4.69, 9.17) is 12.2 Å². The van der Waals surface area contributed by atoms with Crippen LogP contribution in [0.25, 0.3) is 6.08 Å².